The van der Waals surface area contributed by atoms with Gasteiger partial charge in [-0.2, -0.15) is 10.5 Å². The van der Waals surface area contributed by atoms with E-state index in [0.717, 1.165) is 16.3 Å². The number of nitriles is 2. The summed E-state index contributed by atoms with van der Waals surface area (Å²) in [6, 6.07) is 18.3. The van der Waals surface area contributed by atoms with Crippen molar-refractivity contribution < 1.29 is 19.1 Å². The molecular weight excluding hydrogens is 658 g/mol. The first kappa shape index (κ1) is 35.4. The van der Waals surface area contributed by atoms with Crippen molar-refractivity contribution in [1.29, 1.82) is 10.5 Å². The predicted octanol–water partition coefficient (Wildman–Crippen LogP) is 5.90. The number of hydrogen-bond acceptors (Lipinski definition) is 12. The topological polar surface area (TPSA) is 190 Å². The second-order valence-electron chi connectivity index (χ2n) is 9.95. The monoisotopic (exact) mass is 689 g/mol. The molecule has 2 heterocycles. The Hall–Kier alpha value is -4.50. The maximum Gasteiger partial charge on any atom is 0.347 e. The molecule has 1 atom stereocenters. The molecule has 0 bridgehead atoms. The van der Waals surface area contributed by atoms with Crippen molar-refractivity contribution in [3.8, 4) is 39.6 Å². The third-order valence-corrected chi connectivity index (χ3v) is 8.85. The van der Waals surface area contributed by atoms with Crippen LogP contribution in [0.4, 0.5) is 5.82 Å². The van der Waals surface area contributed by atoms with Crippen molar-refractivity contribution in [3.05, 3.63) is 75.8 Å². The molecule has 242 valence electrons. The lowest BCUT2D eigenvalue weighted by atomic mass is 9.96. The quantitative estimate of drug-likeness (QED) is 0.0995. The zero-order valence-corrected chi connectivity index (χ0v) is 27.9. The number of thiazole rings is 1. The number of ether oxygens (including phenoxy) is 2. The molecule has 0 spiro atoms. The van der Waals surface area contributed by atoms with Gasteiger partial charge in [0.25, 0.3) is 0 Å². The number of hydrogen-bond donors (Lipinski definition) is 3. The maximum atomic E-state index is 12.7. The summed E-state index contributed by atoms with van der Waals surface area (Å²) >= 11 is 8.78. The first-order valence-electron chi connectivity index (χ1n) is 14.7. The molecule has 14 heteroatoms. The van der Waals surface area contributed by atoms with Crippen molar-refractivity contribution in [2.24, 2.45) is 11.5 Å². The van der Waals surface area contributed by atoms with Gasteiger partial charge in [-0.15, -0.1) is 11.3 Å². The van der Waals surface area contributed by atoms with E-state index in [-0.39, 0.29) is 48.8 Å². The number of pyridine rings is 1. The molecule has 2 aromatic carbocycles. The number of thioether (sulfide) groups is 1. The maximum absolute atomic E-state index is 12.7. The molecule has 1 unspecified atom stereocenters. The molecule has 0 radical (unpaired) electrons. The molecule has 1 amide bonds. The van der Waals surface area contributed by atoms with Gasteiger partial charge in [-0.3, -0.25) is 4.79 Å². The van der Waals surface area contributed by atoms with Crippen molar-refractivity contribution in [1.82, 2.24) is 9.97 Å². The van der Waals surface area contributed by atoms with E-state index in [1.165, 1.54) is 23.1 Å². The molecule has 47 heavy (non-hydrogen) atoms. The van der Waals surface area contributed by atoms with Gasteiger partial charge in [-0.25, -0.2) is 14.8 Å². The van der Waals surface area contributed by atoms with Gasteiger partial charge in [0.15, 0.2) is 11.9 Å². The van der Waals surface area contributed by atoms with Crippen molar-refractivity contribution in [2.75, 3.05) is 25.0 Å². The van der Waals surface area contributed by atoms with E-state index in [1.807, 2.05) is 17.5 Å². The van der Waals surface area contributed by atoms with Crippen LogP contribution in [0.2, 0.25) is 5.02 Å². The number of carbonyl (C=O) groups excluding carboxylic acids is 2. The highest BCUT2D eigenvalue weighted by Crippen LogP contribution is 2.38. The lowest BCUT2D eigenvalue weighted by Crippen LogP contribution is -2.31. The Bertz CT molecular complexity index is 1780. The second kappa shape index (κ2) is 17.4. The fraction of sp³-hybridized carbons (Fsp3) is 0.273. The lowest BCUT2D eigenvalue weighted by molar-refractivity contribution is -0.151. The molecule has 11 nitrogen and oxygen atoms in total. The molecule has 4 aromatic rings. The lowest BCUT2D eigenvalue weighted by Gasteiger charge is -2.18. The Balaban J connectivity index is 1.70. The van der Waals surface area contributed by atoms with E-state index in [1.54, 1.807) is 43.3 Å². The number of benzene rings is 2. The summed E-state index contributed by atoms with van der Waals surface area (Å²) < 4.78 is 11.0. The number of anilines is 1. The standard InChI is InChI=1S/C33H32ClN7O4S2/c1-2-44-33(43)27(13-15-36)45-24-11-7-20(8-12-24)29-25(16-37)30(40-28(42)4-3-14-35)41-32(26(29)17-38)47-19-23-18-46-31(39-23)21-5-9-22(34)10-6-21/h5-12,18,27H,2-4,13-15,19,35-36H2,1H3,(H,40,41,42). The Morgan fingerprint density at radius 1 is 1.02 bits per heavy atom. The van der Waals surface area contributed by atoms with Gasteiger partial charge >= 0.3 is 5.97 Å². The van der Waals surface area contributed by atoms with Gasteiger partial charge < -0.3 is 26.3 Å². The molecule has 0 saturated heterocycles. The largest absolute Gasteiger partial charge is 0.479 e. The summed E-state index contributed by atoms with van der Waals surface area (Å²) in [5, 5.41) is 27.1. The summed E-state index contributed by atoms with van der Waals surface area (Å²) in [7, 11) is 0. The normalized spacial score (nSPS) is 11.3. The van der Waals surface area contributed by atoms with Crippen LogP contribution in [-0.4, -0.2) is 47.6 Å². The number of esters is 1. The molecule has 0 aliphatic heterocycles. The minimum absolute atomic E-state index is 0.0341. The van der Waals surface area contributed by atoms with E-state index >= 15 is 0 Å². The van der Waals surface area contributed by atoms with Crippen molar-refractivity contribution in [3.63, 3.8) is 0 Å². The smallest absolute Gasteiger partial charge is 0.347 e. The number of nitrogens with one attached hydrogen (secondary N) is 1. The fourth-order valence-electron chi connectivity index (χ4n) is 4.43. The van der Waals surface area contributed by atoms with Gasteiger partial charge in [0.05, 0.1) is 17.9 Å². The highest BCUT2D eigenvalue weighted by Gasteiger charge is 2.24. The zero-order valence-electron chi connectivity index (χ0n) is 25.5. The van der Waals surface area contributed by atoms with E-state index in [0.29, 0.717) is 45.6 Å². The summed E-state index contributed by atoms with van der Waals surface area (Å²) in [6.07, 6.45) is -0.0311. The van der Waals surface area contributed by atoms with Crippen LogP contribution >= 0.6 is 34.7 Å². The molecule has 0 fully saturated rings. The first-order chi connectivity index (χ1) is 22.8. The molecule has 0 saturated carbocycles. The van der Waals surface area contributed by atoms with Gasteiger partial charge in [-0.05, 0) is 56.3 Å². The van der Waals surface area contributed by atoms with E-state index < -0.39 is 12.1 Å². The fourth-order valence-corrected chi connectivity index (χ4v) is 6.37. The number of aromatic nitrogens is 2. The average molecular weight is 690 g/mol. The van der Waals surface area contributed by atoms with Crippen LogP contribution in [0.3, 0.4) is 0 Å². The van der Waals surface area contributed by atoms with Gasteiger partial charge in [0.2, 0.25) is 5.91 Å². The van der Waals surface area contributed by atoms with Gasteiger partial charge in [-0.1, -0.05) is 47.6 Å². The molecular formula is C33H32ClN7O4S2. The van der Waals surface area contributed by atoms with Crippen LogP contribution in [0.5, 0.6) is 5.75 Å². The third kappa shape index (κ3) is 9.29. The molecule has 5 N–H and O–H groups in total. The number of rotatable bonds is 15. The van der Waals surface area contributed by atoms with Crippen LogP contribution in [0, 0.1) is 22.7 Å². The number of halogens is 1. The zero-order chi connectivity index (χ0) is 33.8. The van der Waals surface area contributed by atoms with Crippen molar-refractivity contribution in [2.45, 2.75) is 43.1 Å². The molecule has 2 aromatic heterocycles. The second-order valence-corrected chi connectivity index (χ2v) is 12.2. The van der Waals surface area contributed by atoms with E-state index in [9.17, 15) is 20.1 Å². The number of nitrogens with zero attached hydrogens (tertiary/aromatic N) is 4. The highest BCUT2D eigenvalue weighted by atomic mass is 35.5. The number of nitrogens with two attached hydrogens (primary N) is 2. The minimum Gasteiger partial charge on any atom is -0.479 e. The number of amides is 1. The Morgan fingerprint density at radius 2 is 1.72 bits per heavy atom. The van der Waals surface area contributed by atoms with Crippen molar-refractivity contribution >= 4 is 52.4 Å². The first-order valence-corrected chi connectivity index (χ1v) is 16.9. The average Bonchev–Trinajstić information content (AvgIpc) is 3.55. The molecule has 0 aliphatic rings. The highest BCUT2D eigenvalue weighted by molar-refractivity contribution is 7.98. The van der Waals surface area contributed by atoms with Crippen LogP contribution in [-0.2, 0) is 20.1 Å². The van der Waals surface area contributed by atoms with Crippen LogP contribution in [0.25, 0.3) is 21.7 Å². The van der Waals surface area contributed by atoms with E-state index in [2.05, 4.69) is 22.4 Å². The van der Waals surface area contributed by atoms with Crippen LogP contribution in [0.15, 0.2) is 58.9 Å². The van der Waals surface area contributed by atoms with Crippen LogP contribution in [0.1, 0.15) is 43.0 Å². The Morgan fingerprint density at radius 3 is 2.36 bits per heavy atom. The Labute approximate surface area is 285 Å². The number of carbonyl (C=O) groups is 2. The molecule has 4 rings (SSSR count). The SMILES string of the molecule is CCOC(=O)C(CCN)Oc1ccc(-c2c(C#N)c(NC(=O)CCCN)nc(SCc3csc(-c4ccc(Cl)cc4)n3)c2C#N)cc1. The summed E-state index contributed by atoms with van der Waals surface area (Å²) in [6.45, 7) is 2.46. The summed E-state index contributed by atoms with van der Waals surface area (Å²) in [5.74, 6) is -0.0902. The van der Waals surface area contributed by atoms with E-state index in [4.69, 9.17) is 37.5 Å². The minimum atomic E-state index is -0.889. The molecule has 0 aliphatic carbocycles. The third-order valence-electron chi connectivity index (χ3n) is 6.65. The van der Waals surface area contributed by atoms with Gasteiger partial charge in [0, 0.05) is 40.1 Å². The Kier molecular flexibility index (Phi) is 13.1. The van der Waals surface area contributed by atoms with Crippen LogP contribution < -0.4 is 21.5 Å². The van der Waals surface area contributed by atoms with Gasteiger partial charge in [0.1, 0.15) is 33.5 Å². The summed E-state index contributed by atoms with van der Waals surface area (Å²) in [4.78, 5) is 34.4. The summed E-state index contributed by atoms with van der Waals surface area (Å²) in [5.41, 5.74) is 14.0. The predicted molar refractivity (Wildman–Crippen MR) is 183 cm³/mol.